The van der Waals surface area contributed by atoms with Gasteiger partial charge in [0, 0.05) is 37.1 Å². The van der Waals surface area contributed by atoms with Crippen LogP contribution >= 0.6 is 0 Å². The number of hydrogen-bond donors (Lipinski definition) is 3. The molecule has 2 aromatic rings. The highest BCUT2D eigenvalue weighted by atomic mass is 14.9. The van der Waals surface area contributed by atoms with Crippen molar-refractivity contribution in [3.05, 3.63) is 113 Å². The van der Waals surface area contributed by atoms with Gasteiger partial charge in [0.05, 0.1) is 0 Å². The average Bonchev–Trinajstić information content (AvgIpc) is 2.91. The molecule has 0 aliphatic carbocycles. The fraction of sp³-hybridized carbons (Fsp3) is 0.375. The van der Waals surface area contributed by atoms with Crippen LogP contribution in [-0.2, 0) is 19.6 Å². The van der Waals surface area contributed by atoms with E-state index >= 15 is 0 Å². The summed E-state index contributed by atoms with van der Waals surface area (Å²) in [7, 11) is 0. The fourth-order valence-corrected chi connectivity index (χ4v) is 3.24. The minimum atomic E-state index is 0.313. The maximum Gasteiger partial charge on any atom is 0.0401 e. The summed E-state index contributed by atoms with van der Waals surface area (Å²) in [5.41, 5.74) is 6.13. The van der Waals surface area contributed by atoms with Gasteiger partial charge in [-0.05, 0) is 62.6 Å². The number of benzene rings is 2. The van der Waals surface area contributed by atoms with E-state index in [4.69, 9.17) is 0 Å². The van der Waals surface area contributed by atoms with Crippen LogP contribution in [0.2, 0.25) is 0 Å². The van der Waals surface area contributed by atoms with Crippen LogP contribution in [0.3, 0.4) is 0 Å². The molecular weight excluding hydrogens is 426 g/mol. The van der Waals surface area contributed by atoms with Gasteiger partial charge in [-0.25, -0.2) is 0 Å². The second kappa shape index (κ2) is 21.5. The molecule has 0 amide bonds. The second-order valence-corrected chi connectivity index (χ2v) is 7.56. The van der Waals surface area contributed by atoms with Crippen molar-refractivity contribution >= 4 is 5.69 Å². The van der Waals surface area contributed by atoms with Crippen LogP contribution in [0, 0.1) is 0 Å². The molecule has 0 aromatic heterocycles. The van der Waals surface area contributed by atoms with Crippen molar-refractivity contribution in [3.63, 3.8) is 0 Å². The van der Waals surface area contributed by atoms with Crippen molar-refractivity contribution in [1.29, 1.82) is 0 Å². The molecule has 0 radical (unpaired) electrons. The Kier molecular flexibility index (Phi) is 19.6. The van der Waals surface area contributed by atoms with E-state index in [9.17, 15) is 0 Å². The van der Waals surface area contributed by atoms with Gasteiger partial charge in [-0.2, -0.15) is 0 Å². The molecule has 3 heteroatoms. The molecule has 0 heterocycles. The summed E-state index contributed by atoms with van der Waals surface area (Å²) in [6.07, 6.45) is 14.6. The molecule has 2 rings (SSSR count). The van der Waals surface area contributed by atoms with Crippen molar-refractivity contribution in [2.75, 3.05) is 5.32 Å². The van der Waals surface area contributed by atoms with E-state index in [2.05, 4.69) is 109 Å². The first-order chi connectivity index (χ1) is 17.1. The Bertz CT molecular complexity index is 892. The lowest BCUT2D eigenvalue weighted by atomic mass is 10.0. The molecule has 0 bridgehead atoms. The first-order valence-electron chi connectivity index (χ1n) is 13.1. The summed E-state index contributed by atoms with van der Waals surface area (Å²) >= 11 is 0. The van der Waals surface area contributed by atoms with Gasteiger partial charge >= 0.3 is 0 Å². The third-order valence-electron chi connectivity index (χ3n) is 4.87. The van der Waals surface area contributed by atoms with Gasteiger partial charge in [0.15, 0.2) is 0 Å². The van der Waals surface area contributed by atoms with Gasteiger partial charge in [-0.1, -0.05) is 101 Å². The third-order valence-corrected chi connectivity index (χ3v) is 4.87. The number of allylic oxidation sites excluding steroid dienone is 6. The number of hydrogen-bond acceptors (Lipinski definition) is 3. The summed E-state index contributed by atoms with van der Waals surface area (Å²) in [6.45, 7) is 18.7. The van der Waals surface area contributed by atoms with E-state index in [1.807, 2.05) is 53.7 Å². The molecule has 2 aromatic carbocycles. The highest BCUT2D eigenvalue weighted by Gasteiger charge is 2.04. The zero-order valence-electron chi connectivity index (χ0n) is 23.4. The largest absolute Gasteiger partial charge is 0.381 e. The van der Waals surface area contributed by atoms with Gasteiger partial charge < -0.3 is 16.0 Å². The second-order valence-electron chi connectivity index (χ2n) is 7.56. The summed E-state index contributed by atoms with van der Waals surface area (Å²) in [6, 6.07) is 17.5. The summed E-state index contributed by atoms with van der Waals surface area (Å²) in [5.74, 6) is 0. The fourth-order valence-electron chi connectivity index (χ4n) is 3.24. The van der Waals surface area contributed by atoms with Crippen molar-refractivity contribution in [2.45, 2.75) is 81.1 Å². The molecule has 0 spiro atoms. The lowest BCUT2D eigenvalue weighted by Gasteiger charge is -2.15. The molecule has 3 N–H and O–H groups in total. The Morgan fingerprint density at radius 3 is 1.94 bits per heavy atom. The lowest BCUT2D eigenvalue weighted by molar-refractivity contribution is 0.632. The highest BCUT2D eigenvalue weighted by Crippen LogP contribution is 2.14. The Morgan fingerprint density at radius 1 is 0.771 bits per heavy atom. The minimum absolute atomic E-state index is 0.313. The molecule has 0 aliphatic heterocycles. The van der Waals surface area contributed by atoms with Crippen LogP contribution in [0.15, 0.2) is 96.8 Å². The Labute approximate surface area is 216 Å². The van der Waals surface area contributed by atoms with E-state index < -0.39 is 0 Å². The first kappa shape index (κ1) is 32.0. The highest BCUT2D eigenvalue weighted by molar-refractivity contribution is 5.44. The molecule has 35 heavy (non-hydrogen) atoms. The Morgan fingerprint density at radius 2 is 1.37 bits per heavy atom. The molecule has 3 nitrogen and oxygen atoms in total. The maximum atomic E-state index is 3.60. The molecule has 1 atom stereocenters. The number of para-hydroxylation sites is 1. The van der Waals surface area contributed by atoms with Crippen LogP contribution in [0.1, 0.15) is 72.1 Å². The van der Waals surface area contributed by atoms with Crippen LogP contribution in [-0.4, -0.2) is 6.04 Å². The van der Waals surface area contributed by atoms with Gasteiger partial charge in [-0.3, -0.25) is 0 Å². The lowest BCUT2D eigenvalue weighted by Crippen LogP contribution is -2.23. The van der Waals surface area contributed by atoms with E-state index in [0.29, 0.717) is 6.04 Å². The van der Waals surface area contributed by atoms with E-state index in [1.165, 1.54) is 16.7 Å². The molecule has 0 saturated heterocycles. The monoisotopic (exact) mass is 475 g/mol. The van der Waals surface area contributed by atoms with Gasteiger partial charge in [0.1, 0.15) is 0 Å². The van der Waals surface area contributed by atoms with Gasteiger partial charge in [-0.15, -0.1) is 0 Å². The normalized spacial score (nSPS) is 12.2. The zero-order valence-corrected chi connectivity index (χ0v) is 23.4. The first-order valence-corrected chi connectivity index (χ1v) is 13.1. The molecule has 192 valence electrons. The van der Waals surface area contributed by atoms with Crippen molar-refractivity contribution in [2.24, 2.45) is 0 Å². The quantitative estimate of drug-likeness (QED) is 0.269. The van der Waals surface area contributed by atoms with Gasteiger partial charge in [0.25, 0.3) is 0 Å². The molecule has 0 fully saturated rings. The van der Waals surface area contributed by atoms with Gasteiger partial charge in [0.2, 0.25) is 0 Å². The molecule has 0 aliphatic rings. The summed E-state index contributed by atoms with van der Waals surface area (Å²) in [4.78, 5) is 0. The predicted octanol–water partition coefficient (Wildman–Crippen LogP) is 8.53. The zero-order chi connectivity index (χ0) is 26.3. The SMILES string of the molecule is C/C=C\C=C/C(C)NCc1cc(CNC(/C=C\C)=C/C)cc(CNc2ccccc2)c1.CC.CC. The van der Waals surface area contributed by atoms with Crippen LogP contribution < -0.4 is 16.0 Å². The van der Waals surface area contributed by atoms with Crippen LogP contribution in [0.4, 0.5) is 5.69 Å². The van der Waals surface area contributed by atoms with Crippen molar-refractivity contribution < 1.29 is 0 Å². The smallest absolute Gasteiger partial charge is 0.0401 e. The molecule has 1 unspecified atom stereocenters. The van der Waals surface area contributed by atoms with E-state index in [1.54, 1.807) is 0 Å². The minimum Gasteiger partial charge on any atom is -0.381 e. The Balaban J connectivity index is 0.00000274. The van der Waals surface area contributed by atoms with E-state index in [-0.39, 0.29) is 0 Å². The summed E-state index contributed by atoms with van der Waals surface area (Å²) < 4.78 is 0. The molecule has 0 saturated carbocycles. The average molecular weight is 476 g/mol. The summed E-state index contributed by atoms with van der Waals surface area (Å²) in [5, 5.41) is 10.7. The van der Waals surface area contributed by atoms with Crippen molar-refractivity contribution in [3.8, 4) is 0 Å². The van der Waals surface area contributed by atoms with Crippen LogP contribution in [0.5, 0.6) is 0 Å². The standard InChI is InChI=1S/C28H37N3.2C2H6/c1-5-8-10-14-23(4)29-20-24-17-25(21-30-27(7-3)13-6-2)19-26(18-24)22-31-28-15-11-9-12-16-28;2*1-2/h5-19,23,29-31H,20-22H2,1-4H3;2*1-2H3/b8-5-,13-6-,14-10-,27-7+;;. The van der Waals surface area contributed by atoms with Crippen LogP contribution in [0.25, 0.3) is 0 Å². The topological polar surface area (TPSA) is 36.1 Å². The predicted molar refractivity (Wildman–Crippen MR) is 159 cm³/mol. The molecular formula is C32H49N3. The van der Waals surface area contributed by atoms with Crippen molar-refractivity contribution in [1.82, 2.24) is 10.6 Å². The number of rotatable bonds is 12. The number of anilines is 1. The van der Waals surface area contributed by atoms with E-state index in [0.717, 1.165) is 31.0 Å². The number of nitrogens with one attached hydrogen (secondary N) is 3. The Hall–Kier alpha value is -3.04. The third kappa shape index (κ3) is 14.7. The maximum absolute atomic E-state index is 3.60.